The highest BCUT2D eigenvalue weighted by Crippen LogP contribution is 2.43. The summed E-state index contributed by atoms with van der Waals surface area (Å²) in [6.07, 6.45) is 2.29. The summed E-state index contributed by atoms with van der Waals surface area (Å²) in [5, 5.41) is 11.4. The normalized spacial score (nSPS) is 18.1. The van der Waals surface area contributed by atoms with Gasteiger partial charge in [-0.15, -0.1) is 0 Å². The van der Waals surface area contributed by atoms with Gasteiger partial charge in [0.05, 0.1) is 18.2 Å². The van der Waals surface area contributed by atoms with E-state index in [1.54, 1.807) is 42.5 Å². The molecule has 0 saturated carbocycles. The molecule has 4 rings (SSSR count). The van der Waals surface area contributed by atoms with Crippen LogP contribution in [-0.2, 0) is 9.59 Å². The summed E-state index contributed by atoms with van der Waals surface area (Å²) in [5.74, 6) is 0.363. The molecule has 1 fully saturated rings. The van der Waals surface area contributed by atoms with E-state index in [9.17, 15) is 14.7 Å². The summed E-state index contributed by atoms with van der Waals surface area (Å²) in [4.78, 5) is 30.2. The quantitative estimate of drug-likeness (QED) is 0.206. The molecule has 0 aromatic heterocycles. The Morgan fingerprint density at radius 2 is 1.87 bits per heavy atom. The van der Waals surface area contributed by atoms with E-state index in [-0.39, 0.29) is 11.3 Å². The molecule has 1 unspecified atom stereocenters. The van der Waals surface area contributed by atoms with Gasteiger partial charge >= 0.3 is 0 Å². The van der Waals surface area contributed by atoms with Gasteiger partial charge in [-0.3, -0.25) is 9.59 Å². The maximum absolute atomic E-state index is 13.4. The molecule has 202 valence electrons. The Morgan fingerprint density at radius 1 is 1.11 bits per heavy atom. The van der Waals surface area contributed by atoms with Crippen molar-refractivity contribution in [3.8, 4) is 23.0 Å². The number of carbonyl (C=O) groups excluding carboxylic acids is 2. The molecule has 1 N–H and O–H groups in total. The van der Waals surface area contributed by atoms with Crippen molar-refractivity contribution in [1.82, 2.24) is 9.80 Å². The number of nitrogens with zero attached hydrogens (tertiary/aromatic N) is 2. The fourth-order valence-corrected chi connectivity index (χ4v) is 4.59. The third kappa shape index (κ3) is 5.62. The summed E-state index contributed by atoms with van der Waals surface area (Å²) in [7, 11) is 3.90. The summed E-state index contributed by atoms with van der Waals surface area (Å²) in [6.45, 7) is 8.13. The Labute approximate surface area is 222 Å². The summed E-state index contributed by atoms with van der Waals surface area (Å²) in [6, 6.07) is 9.44. The molecule has 2 aliphatic heterocycles. The van der Waals surface area contributed by atoms with Crippen LogP contribution in [-0.4, -0.2) is 80.2 Å². The predicted molar refractivity (Wildman–Crippen MR) is 143 cm³/mol. The lowest BCUT2D eigenvalue weighted by Crippen LogP contribution is -2.32. The van der Waals surface area contributed by atoms with E-state index >= 15 is 0 Å². The first-order chi connectivity index (χ1) is 18.3. The maximum atomic E-state index is 13.4. The van der Waals surface area contributed by atoms with Gasteiger partial charge in [-0.05, 0) is 69.9 Å². The van der Waals surface area contributed by atoms with Crippen LogP contribution < -0.4 is 18.9 Å². The van der Waals surface area contributed by atoms with Gasteiger partial charge in [0.2, 0.25) is 0 Å². The van der Waals surface area contributed by atoms with Crippen LogP contribution in [0, 0.1) is 0 Å². The number of hydrogen-bond donors (Lipinski definition) is 1. The Morgan fingerprint density at radius 3 is 2.58 bits per heavy atom. The standard InChI is InChI=1S/C29H34N2O7/c1-5-14-36-21-10-8-19(17-23(21)35-6-2)26-25(28(33)29(34)31(26)13-7-12-30(3)4)27(32)20-9-11-22-24(18-20)38-16-15-37-22/h5,8-11,17-18,26,32H,1,6-7,12-16H2,2-4H3/b27-25+. The maximum Gasteiger partial charge on any atom is 0.295 e. The molecule has 0 aliphatic carbocycles. The van der Waals surface area contributed by atoms with Crippen molar-refractivity contribution in [3.05, 3.63) is 65.8 Å². The number of likely N-dealkylation sites (tertiary alicyclic amines) is 1. The van der Waals surface area contributed by atoms with E-state index in [1.807, 2.05) is 25.9 Å². The van der Waals surface area contributed by atoms with Crippen LogP contribution in [0.4, 0.5) is 0 Å². The minimum absolute atomic E-state index is 0.0127. The lowest BCUT2D eigenvalue weighted by atomic mass is 9.94. The number of ketones is 1. The number of hydrogen-bond acceptors (Lipinski definition) is 8. The second kappa shape index (κ2) is 12.0. The Kier molecular flexibility index (Phi) is 8.58. The number of aliphatic hydroxyl groups is 1. The SMILES string of the molecule is C=CCOc1ccc(C2/C(=C(\O)c3ccc4c(c3)OCCO4)C(=O)C(=O)N2CCCN(C)C)cc1OCC. The van der Waals surface area contributed by atoms with E-state index in [0.717, 1.165) is 6.54 Å². The third-order valence-electron chi connectivity index (χ3n) is 6.30. The molecule has 0 spiro atoms. The van der Waals surface area contributed by atoms with Crippen molar-refractivity contribution in [2.75, 3.05) is 53.6 Å². The smallest absolute Gasteiger partial charge is 0.295 e. The number of carbonyl (C=O) groups is 2. The van der Waals surface area contributed by atoms with Gasteiger partial charge in [-0.2, -0.15) is 0 Å². The molecule has 9 heteroatoms. The molecule has 2 aromatic rings. The minimum atomic E-state index is -0.807. The van der Waals surface area contributed by atoms with Crippen LogP contribution in [0.3, 0.4) is 0 Å². The Bertz CT molecular complexity index is 1240. The number of fused-ring (bicyclic) bond motifs is 1. The Hall–Kier alpha value is -3.98. The van der Waals surface area contributed by atoms with Crippen LogP contribution >= 0.6 is 0 Å². The van der Waals surface area contributed by atoms with E-state index < -0.39 is 17.7 Å². The first-order valence-electron chi connectivity index (χ1n) is 12.7. The van der Waals surface area contributed by atoms with Crippen molar-refractivity contribution in [2.24, 2.45) is 0 Å². The largest absolute Gasteiger partial charge is 0.507 e. The summed E-state index contributed by atoms with van der Waals surface area (Å²) in [5.41, 5.74) is 1.00. The number of benzene rings is 2. The van der Waals surface area contributed by atoms with Gasteiger partial charge < -0.3 is 33.9 Å². The molecule has 9 nitrogen and oxygen atoms in total. The molecular weight excluding hydrogens is 488 g/mol. The Balaban J connectivity index is 1.81. The lowest BCUT2D eigenvalue weighted by Gasteiger charge is -2.26. The summed E-state index contributed by atoms with van der Waals surface area (Å²) >= 11 is 0. The number of Topliss-reactive ketones (excluding diaryl/α,β-unsaturated/α-hetero) is 1. The summed E-state index contributed by atoms with van der Waals surface area (Å²) < 4.78 is 22.8. The van der Waals surface area contributed by atoms with Gasteiger partial charge in [0.1, 0.15) is 25.6 Å². The van der Waals surface area contributed by atoms with Crippen LogP contribution in [0.15, 0.2) is 54.6 Å². The molecule has 1 amide bonds. The second-order valence-corrected chi connectivity index (χ2v) is 9.25. The second-order valence-electron chi connectivity index (χ2n) is 9.25. The van der Waals surface area contributed by atoms with E-state index in [1.165, 1.54) is 4.90 Å². The van der Waals surface area contributed by atoms with Crippen molar-refractivity contribution in [2.45, 2.75) is 19.4 Å². The molecule has 0 bridgehead atoms. The highest BCUT2D eigenvalue weighted by Gasteiger charge is 2.46. The van der Waals surface area contributed by atoms with Crippen molar-refractivity contribution >= 4 is 17.4 Å². The van der Waals surface area contributed by atoms with Gasteiger partial charge in [-0.1, -0.05) is 18.7 Å². The highest BCUT2D eigenvalue weighted by atomic mass is 16.6. The molecule has 2 heterocycles. The van der Waals surface area contributed by atoms with Crippen LogP contribution in [0.25, 0.3) is 5.76 Å². The average Bonchev–Trinajstić information content (AvgIpc) is 3.16. The number of amides is 1. The zero-order valence-corrected chi connectivity index (χ0v) is 22.1. The minimum Gasteiger partial charge on any atom is -0.507 e. The highest BCUT2D eigenvalue weighted by molar-refractivity contribution is 6.46. The third-order valence-corrected chi connectivity index (χ3v) is 6.30. The first-order valence-corrected chi connectivity index (χ1v) is 12.7. The lowest BCUT2D eigenvalue weighted by molar-refractivity contribution is -0.139. The number of aliphatic hydroxyl groups excluding tert-OH is 1. The van der Waals surface area contributed by atoms with Crippen LogP contribution in [0.1, 0.15) is 30.5 Å². The van der Waals surface area contributed by atoms with Crippen molar-refractivity contribution in [1.29, 1.82) is 0 Å². The monoisotopic (exact) mass is 522 g/mol. The topological polar surface area (TPSA) is 97.8 Å². The van der Waals surface area contributed by atoms with Crippen molar-refractivity contribution in [3.63, 3.8) is 0 Å². The van der Waals surface area contributed by atoms with Gasteiger partial charge in [-0.25, -0.2) is 0 Å². The molecular formula is C29H34N2O7. The molecule has 0 radical (unpaired) electrons. The van der Waals surface area contributed by atoms with E-state index in [0.29, 0.717) is 73.5 Å². The average molecular weight is 523 g/mol. The van der Waals surface area contributed by atoms with Gasteiger partial charge in [0.25, 0.3) is 11.7 Å². The van der Waals surface area contributed by atoms with E-state index in [2.05, 4.69) is 6.58 Å². The molecule has 1 atom stereocenters. The molecule has 38 heavy (non-hydrogen) atoms. The van der Waals surface area contributed by atoms with Crippen LogP contribution in [0.5, 0.6) is 23.0 Å². The number of rotatable bonds is 11. The first kappa shape index (κ1) is 27.1. The van der Waals surface area contributed by atoms with Crippen molar-refractivity contribution < 1.29 is 33.6 Å². The number of ether oxygens (including phenoxy) is 4. The fraction of sp³-hybridized carbons (Fsp3) is 0.379. The predicted octanol–water partition coefficient (Wildman–Crippen LogP) is 3.79. The molecule has 2 aliphatic rings. The fourth-order valence-electron chi connectivity index (χ4n) is 4.59. The molecule has 1 saturated heterocycles. The zero-order chi connectivity index (χ0) is 27.2. The molecule has 2 aromatic carbocycles. The zero-order valence-electron chi connectivity index (χ0n) is 22.1. The van der Waals surface area contributed by atoms with Gasteiger partial charge in [0, 0.05) is 12.1 Å². The van der Waals surface area contributed by atoms with Gasteiger partial charge in [0.15, 0.2) is 23.0 Å². The van der Waals surface area contributed by atoms with E-state index in [4.69, 9.17) is 18.9 Å². The van der Waals surface area contributed by atoms with Crippen LogP contribution in [0.2, 0.25) is 0 Å².